The first-order valence-electron chi connectivity index (χ1n) is 6.48. The average Bonchev–Trinajstić information content (AvgIpc) is 2.46. The van der Waals surface area contributed by atoms with Crippen molar-refractivity contribution in [2.24, 2.45) is 5.92 Å². The van der Waals surface area contributed by atoms with Crippen molar-refractivity contribution in [2.75, 3.05) is 0 Å². The van der Waals surface area contributed by atoms with Gasteiger partial charge in [0.2, 0.25) is 0 Å². The van der Waals surface area contributed by atoms with Gasteiger partial charge in [-0.05, 0) is 17.2 Å². The van der Waals surface area contributed by atoms with Crippen molar-refractivity contribution in [3.8, 4) is 11.1 Å². The largest absolute Gasteiger partial charge is 0.478 e. The minimum absolute atomic E-state index is 0.0146. The number of aromatic carboxylic acids is 1. The van der Waals surface area contributed by atoms with E-state index in [9.17, 15) is 14.7 Å². The molecule has 0 saturated heterocycles. The van der Waals surface area contributed by atoms with Gasteiger partial charge in [0.05, 0.1) is 5.56 Å². The van der Waals surface area contributed by atoms with E-state index in [2.05, 4.69) is 0 Å². The molecule has 2 aromatic rings. The highest BCUT2D eigenvalue weighted by Gasteiger charge is 2.18. The van der Waals surface area contributed by atoms with E-state index in [1.54, 1.807) is 42.5 Å². The van der Waals surface area contributed by atoms with E-state index < -0.39 is 5.97 Å². The lowest BCUT2D eigenvalue weighted by Crippen LogP contribution is -2.10. The Balaban J connectivity index is 2.65. The summed E-state index contributed by atoms with van der Waals surface area (Å²) in [6.45, 7) is 3.67. The molecule has 2 aromatic carbocycles. The van der Waals surface area contributed by atoms with Gasteiger partial charge in [0.25, 0.3) is 0 Å². The van der Waals surface area contributed by atoms with Crippen LogP contribution in [0.5, 0.6) is 0 Å². The van der Waals surface area contributed by atoms with Gasteiger partial charge < -0.3 is 5.11 Å². The zero-order valence-electron chi connectivity index (χ0n) is 11.5. The third-order valence-electron chi connectivity index (χ3n) is 3.16. The molecule has 0 bridgehead atoms. The van der Waals surface area contributed by atoms with Crippen LogP contribution in [-0.4, -0.2) is 16.9 Å². The van der Waals surface area contributed by atoms with Gasteiger partial charge >= 0.3 is 5.97 Å². The maximum Gasteiger partial charge on any atom is 0.336 e. The number of benzene rings is 2. The molecule has 0 aliphatic rings. The summed E-state index contributed by atoms with van der Waals surface area (Å²) >= 11 is 0. The van der Waals surface area contributed by atoms with Gasteiger partial charge in [0.15, 0.2) is 5.78 Å². The molecule has 3 nitrogen and oxygen atoms in total. The fraction of sp³-hybridized carbons (Fsp3) is 0.176. The van der Waals surface area contributed by atoms with Crippen LogP contribution in [0.1, 0.15) is 34.6 Å². The Bertz CT molecular complexity index is 657. The topological polar surface area (TPSA) is 54.4 Å². The van der Waals surface area contributed by atoms with Gasteiger partial charge in [-0.2, -0.15) is 0 Å². The molecule has 0 aromatic heterocycles. The summed E-state index contributed by atoms with van der Waals surface area (Å²) in [7, 11) is 0. The lowest BCUT2D eigenvalue weighted by molar-refractivity contribution is 0.0697. The highest BCUT2D eigenvalue weighted by molar-refractivity contribution is 6.06. The van der Waals surface area contributed by atoms with Crippen LogP contribution in [0, 0.1) is 5.92 Å². The van der Waals surface area contributed by atoms with E-state index >= 15 is 0 Å². The van der Waals surface area contributed by atoms with Crippen molar-refractivity contribution in [3.63, 3.8) is 0 Å². The van der Waals surface area contributed by atoms with Gasteiger partial charge in [-0.1, -0.05) is 56.3 Å². The number of carbonyl (C=O) groups excluding carboxylic acids is 1. The number of carbonyl (C=O) groups is 2. The fourth-order valence-electron chi connectivity index (χ4n) is 2.15. The second-order valence-corrected chi connectivity index (χ2v) is 4.92. The smallest absolute Gasteiger partial charge is 0.336 e. The predicted octanol–water partition coefficient (Wildman–Crippen LogP) is 3.89. The van der Waals surface area contributed by atoms with E-state index in [0.717, 1.165) is 0 Å². The summed E-state index contributed by atoms with van der Waals surface area (Å²) in [5.41, 5.74) is 2.02. The Morgan fingerprint density at radius 2 is 1.30 bits per heavy atom. The maximum absolute atomic E-state index is 12.3. The van der Waals surface area contributed by atoms with E-state index in [1.165, 1.54) is 0 Å². The molecule has 0 saturated carbocycles. The van der Waals surface area contributed by atoms with Crippen LogP contribution >= 0.6 is 0 Å². The minimum atomic E-state index is -0.993. The Hall–Kier alpha value is -2.42. The molecule has 20 heavy (non-hydrogen) atoms. The molecule has 0 unspecified atom stereocenters. The summed E-state index contributed by atoms with van der Waals surface area (Å²) in [6.07, 6.45) is 0. The molecule has 0 radical (unpaired) electrons. The van der Waals surface area contributed by atoms with Crippen molar-refractivity contribution in [1.29, 1.82) is 0 Å². The zero-order valence-corrected chi connectivity index (χ0v) is 11.5. The lowest BCUT2D eigenvalue weighted by atomic mass is 9.90. The highest BCUT2D eigenvalue weighted by Crippen LogP contribution is 2.28. The number of hydrogen-bond donors (Lipinski definition) is 1. The number of Topliss-reactive ketones (excluding diaryl/α,β-unsaturated/α-hetero) is 1. The monoisotopic (exact) mass is 268 g/mol. The number of carboxylic acid groups (broad SMARTS) is 1. The first-order chi connectivity index (χ1) is 9.52. The predicted molar refractivity (Wildman–Crippen MR) is 78.0 cm³/mol. The van der Waals surface area contributed by atoms with Crippen LogP contribution in [-0.2, 0) is 0 Å². The molecule has 0 aliphatic heterocycles. The molecule has 0 aliphatic carbocycles. The second kappa shape index (κ2) is 5.70. The van der Waals surface area contributed by atoms with Crippen molar-refractivity contribution in [1.82, 2.24) is 0 Å². The first-order valence-corrected chi connectivity index (χ1v) is 6.48. The molecule has 3 heteroatoms. The second-order valence-electron chi connectivity index (χ2n) is 4.92. The van der Waals surface area contributed by atoms with Crippen molar-refractivity contribution >= 4 is 11.8 Å². The van der Waals surface area contributed by atoms with E-state index in [0.29, 0.717) is 16.7 Å². The summed E-state index contributed by atoms with van der Waals surface area (Å²) in [5.74, 6) is -1.11. The summed E-state index contributed by atoms with van der Waals surface area (Å²) in [4.78, 5) is 23.6. The molecular formula is C17H16O3. The van der Waals surface area contributed by atoms with Gasteiger partial charge in [0.1, 0.15) is 0 Å². The summed E-state index contributed by atoms with van der Waals surface area (Å²) in [5, 5.41) is 9.28. The Morgan fingerprint density at radius 1 is 0.850 bits per heavy atom. The third-order valence-corrected chi connectivity index (χ3v) is 3.16. The number of hydrogen-bond acceptors (Lipinski definition) is 2. The van der Waals surface area contributed by atoms with Gasteiger partial charge in [-0.25, -0.2) is 4.79 Å². The SMILES string of the molecule is CC(C)C(=O)c1ccccc1-c1ccccc1C(=O)O. The number of rotatable bonds is 4. The Labute approximate surface area is 117 Å². The third kappa shape index (κ3) is 2.62. The minimum Gasteiger partial charge on any atom is -0.478 e. The van der Waals surface area contributed by atoms with Crippen LogP contribution in [0.4, 0.5) is 0 Å². The molecule has 0 fully saturated rings. The molecule has 0 spiro atoms. The maximum atomic E-state index is 12.3. The van der Waals surface area contributed by atoms with Crippen molar-refractivity contribution in [3.05, 3.63) is 59.7 Å². The number of carboxylic acids is 1. The van der Waals surface area contributed by atoms with Crippen LogP contribution in [0.15, 0.2) is 48.5 Å². The first kappa shape index (κ1) is 14.0. The standard InChI is InChI=1S/C17H16O3/c1-11(2)16(18)14-9-5-3-7-12(14)13-8-4-6-10-15(13)17(19)20/h3-11H,1-2H3,(H,19,20). The number of ketones is 1. The quantitative estimate of drug-likeness (QED) is 0.856. The van der Waals surface area contributed by atoms with Gasteiger partial charge in [0, 0.05) is 11.5 Å². The van der Waals surface area contributed by atoms with E-state index in [1.807, 2.05) is 19.9 Å². The molecule has 0 atom stereocenters. The van der Waals surface area contributed by atoms with Crippen molar-refractivity contribution < 1.29 is 14.7 Å². The summed E-state index contributed by atoms with van der Waals surface area (Å²) in [6, 6.07) is 13.9. The normalized spacial score (nSPS) is 10.6. The molecule has 0 heterocycles. The van der Waals surface area contributed by atoms with E-state index in [4.69, 9.17) is 0 Å². The summed E-state index contributed by atoms with van der Waals surface area (Å²) < 4.78 is 0. The zero-order chi connectivity index (χ0) is 14.7. The molecule has 0 amide bonds. The average molecular weight is 268 g/mol. The van der Waals surface area contributed by atoms with Gasteiger partial charge in [-0.15, -0.1) is 0 Å². The fourth-order valence-corrected chi connectivity index (χ4v) is 2.15. The van der Waals surface area contributed by atoms with E-state index in [-0.39, 0.29) is 17.3 Å². The molecular weight excluding hydrogens is 252 g/mol. The van der Waals surface area contributed by atoms with Crippen LogP contribution < -0.4 is 0 Å². The van der Waals surface area contributed by atoms with Crippen LogP contribution in [0.2, 0.25) is 0 Å². The highest BCUT2D eigenvalue weighted by atomic mass is 16.4. The van der Waals surface area contributed by atoms with Crippen molar-refractivity contribution in [2.45, 2.75) is 13.8 Å². The molecule has 1 N–H and O–H groups in total. The lowest BCUT2D eigenvalue weighted by Gasteiger charge is -2.12. The molecule has 2 rings (SSSR count). The Kier molecular flexibility index (Phi) is 3.99. The van der Waals surface area contributed by atoms with Crippen LogP contribution in [0.25, 0.3) is 11.1 Å². The van der Waals surface area contributed by atoms with Crippen LogP contribution in [0.3, 0.4) is 0 Å². The van der Waals surface area contributed by atoms with Gasteiger partial charge in [-0.3, -0.25) is 4.79 Å². The molecule has 102 valence electrons. The Morgan fingerprint density at radius 3 is 1.80 bits per heavy atom.